The molecule has 0 saturated heterocycles. The third kappa shape index (κ3) is 5.44. The van der Waals surface area contributed by atoms with Crippen LogP contribution < -0.4 is 0 Å². The van der Waals surface area contributed by atoms with Crippen molar-refractivity contribution in [1.82, 2.24) is 24.9 Å². The second-order valence-electron chi connectivity index (χ2n) is 13.6. The number of benzene rings is 7. The average Bonchev–Trinajstić information content (AvgIpc) is 3.86. The first kappa shape index (κ1) is 32.1. The van der Waals surface area contributed by atoms with Crippen LogP contribution in [0.3, 0.4) is 0 Å². The highest BCUT2D eigenvalue weighted by Crippen LogP contribution is 2.45. The lowest BCUT2D eigenvalue weighted by Gasteiger charge is -2.11. The van der Waals surface area contributed by atoms with Crippen LogP contribution in [0.15, 0.2) is 180 Å². The van der Waals surface area contributed by atoms with E-state index < -0.39 is 0 Å². The smallest absolute Gasteiger partial charge is 0.180 e. The van der Waals surface area contributed by atoms with E-state index in [0.717, 1.165) is 81.3 Å². The molecule has 0 unspecified atom stereocenters. The molecule has 0 atom stereocenters. The molecule has 11 rings (SSSR count). The summed E-state index contributed by atoms with van der Waals surface area (Å²) in [5, 5.41) is 3.14. The van der Waals surface area contributed by atoms with Gasteiger partial charge in [-0.15, -0.1) is 11.3 Å². The van der Waals surface area contributed by atoms with Crippen LogP contribution >= 0.6 is 11.3 Å². The maximum absolute atomic E-state index is 6.54. The number of hydrogen-bond donors (Lipinski definition) is 0. The summed E-state index contributed by atoms with van der Waals surface area (Å²) in [4.78, 5) is 25.7. The van der Waals surface area contributed by atoms with Crippen LogP contribution in [0.2, 0.25) is 0 Å². The minimum absolute atomic E-state index is 0.614. The highest BCUT2D eigenvalue weighted by Gasteiger charge is 2.23. The van der Waals surface area contributed by atoms with E-state index in [0.29, 0.717) is 28.9 Å². The highest BCUT2D eigenvalue weighted by molar-refractivity contribution is 7.26. The molecular weight excluding hydrogens is 707 g/mol. The van der Waals surface area contributed by atoms with Gasteiger partial charge < -0.3 is 4.42 Å². The van der Waals surface area contributed by atoms with Crippen LogP contribution in [-0.4, -0.2) is 24.9 Å². The molecule has 0 bridgehead atoms. The van der Waals surface area contributed by atoms with Crippen molar-refractivity contribution in [2.75, 3.05) is 0 Å². The largest absolute Gasteiger partial charge is 0.452 e. The molecule has 7 heteroatoms. The van der Waals surface area contributed by atoms with E-state index >= 15 is 0 Å². The van der Waals surface area contributed by atoms with Gasteiger partial charge in [-0.05, 0) is 35.4 Å². The molecule has 56 heavy (non-hydrogen) atoms. The molecule has 7 aromatic carbocycles. The minimum atomic E-state index is 0.614. The molecule has 0 aliphatic carbocycles. The Morgan fingerprint density at radius 3 is 1.71 bits per heavy atom. The molecule has 262 valence electrons. The fourth-order valence-corrected chi connectivity index (χ4v) is 8.76. The van der Waals surface area contributed by atoms with Crippen LogP contribution in [0.25, 0.3) is 110 Å². The molecule has 6 nitrogen and oxygen atoms in total. The zero-order valence-electron chi connectivity index (χ0n) is 29.8. The van der Waals surface area contributed by atoms with Gasteiger partial charge in [-0.2, -0.15) is 0 Å². The number of thiophene rings is 1. The Morgan fingerprint density at radius 2 is 0.946 bits per heavy atom. The van der Waals surface area contributed by atoms with Crippen molar-refractivity contribution in [1.29, 1.82) is 0 Å². The fraction of sp³-hybridized carbons (Fsp3) is 0. The monoisotopic (exact) mass is 735 g/mol. The summed E-state index contributed by atoms with van der Waals surface area (Å²) in [5.74, 6) is 2.50. The molecule has 4 aromatic heterocycles. The van der Waals surface area contributed by atoms with Crippen LogP contribution in [0.1, 0.15) is 0 Å². The molecule has 0 aliphatic heterocycles. The summed E-state index contributed by atoms with van der Waals surface area (Å²) in [6, 6.07) is 59.9. The van der Waals surface area contributed by atoms with Crippen LogP contribution in [0, 0.1) is 0 Å². The van der Waals surface area contributed by atoms with E-state index in [9.17, 15) is 0 Å². The third-order valence-electron chi connectivity index (χ3n) is 10.2. The van der Waals surface area contributed by atoms with Gasteiger partial charge in [0.05, 0.1) is 0 Å². The van der Waals surface area contributed by atoms with Crippen molar-refractivity contribution in [2.24, 2.45) is 0 Å². The molecule has 11 aromatic rings. The van der Waals surface area contributed by atoms with E-state index in [1.165, 1.54) is 0 Å². The Balaban J connectivity index is 1.13. The summed E-state index contributed by atoms with van der Waals surface area (Å²) in [6.07, 6.45) is 0. The number of furan rings is 1. The van der Waals surface area contributed by atoms with Gasteiger partial charge in [-0.3, -0.25) is 0 Å². The molecule has 0 N–H and O–H groups in total. The molecule has 0 spiro atoms. The number of aromatic nitrogens is 5. The summed E-state index contributed by atoms with van der Waals surface area (Å²) < 4.78 is 8.77. The third-order valence-corrected chi connectivity index (χ3v) is 11.4. The Hall–Kier alpha value is -7.35. The average molecular weight is 736 g/mol. The Kier molecular flexibility index (Phi) is 7.57. The first-order valence-electron chi connectivity index (χ1n) is 18.4. The second-order valence-corrected chi connectivity index (χ2v) is 14.7. The van der Waals surface area contributed by atoms with Crippen molar-refractivity contribution in [3.8, 4) is 67.9 Å². The highest BCUT2D eigenvalue weighted by atomic mass is 32.1. The standard InChI is InChI=1S/C49H29N5OS/c1-4-15-30(16-5-1)33-21-12-22-34(29-33)48-52-47(32-19-8-3-9-20-32)53-49(54-48)37-25-14-28-40-41(37)36-24-13-26-38(45(36)56-40)43-44-42(35-23-10-11-27-39(35)55-44)50-46(51-43)31-17-6-2-7-18-31/h1-29H. The predicted molar refractivity (Wildman–Crippen MR) is 228 cm³/mol. The Morgan fingerprint density at radius 1 is 0.393 bits per heavy atom. The van der Waals surface area contributed by atoms with Gasteiger partial charge in [0.1, 0.15) is 16.8 Å². The van der Waals surface area contributed by atoms with Crippen molar-refractivity contribution in [3.63, 3.8) is 0 Å². The van der Waals surface area contributed by atoms with Gasteiger partial charge in [-0.25, -0.2) is 24.9 Å². The van der Waals surface area contributed by atoms with Crippen molar-refractivity contribution in [2.45, 2.75) is 0 Å². The summed E-state index contributed by atoms with van der Waals surface area (Å²) in [6.45, 7) is 0. The normalized spacial score (nSPS) is 11.6. The Labute approximate surface area is 325 Å². The summed E-state index contributed by atoms with van der Waals surface area (Å²) in [7, 11) is 0. The molecule has 0 aliphatic rings. The zero-order chi connectivity index (χ0) is 37.0. The van der Waals surface area contributed by atoms with E-state index in [-0.39, 0.29) is 0 Å². The molecule has 0 fully saturated rings. The lowest BCUT2D eigenvalue weighted by molar-refractivity contribution is 0.667. The van der Waals surface area contributed by atoms with E-state index in [4.69, 9.17) is 29.3 Å². The van der Waals surface area contributed by atoms with Crippen LogP contribution in [0.4, 0.5) is 0 Å². The van der Waals surface area contributed by atoms with Crippen molar-refractivity contribution < 1.29 is 4.42 Å². The number of hydrogen-bond acceptors (Lipinski definition) is 7. The second kappa shape index (κ2) is 13.2. The van der Waals surface area contributed by atoms with Crippen LogP contribution in [0.5, 0.6) is 0 Å². The first-order valence-corrected chi connectivity index (χ1v) is 19.2. The number of fused-ring (bicyclic) bond motifs is 6. The molecule has 0 saturated carbocycles. The quantitative estimate of drug-likeness (QED) is 0.169. The van der Waals surface area contributed by atoms with Gasteiger partial charge in [-0.1, -0.05) is 152 Å². The molecular formula is C49H29N5OS. The lowest BCUT2D eigenvalue weighted by atomic mass is 10.0. The maximum Gasteiger partial charge on any atom is 0.180 e. The summed E-state index contributed by atoms with van der Waals surface area (Å²) >= 11 is 1.74. The number of rotatable bonds is 6. The van der Waals surface area contributed by atoms with E-state index in [2.05, 4.69) is 91.0 Å². The van der Waals surface area contributed by atoms with E-state index in [1.807, 2.05) is 84.9 Å². The lowest BCUT2D eigenvalue weighted by Crippen LogP contribution is -2.00. The number of para-hydroxylation sites is 1. The van der Waals surface area contributed by atoms with E-state index in [1.54, 1.807) is 11.3 Å². The molecule has 0 amide bonds. The van der Waals surface area contributed by atoms with Gasteiger partial charge >= 0.3 is 0 Å². The van der Waals surface area contributed by atoms with Gasteiger partial charge in [0.15, 0.2) is 28.9 Å². The maximum atomic E-state index is 6.54. The minimum Gasteiger partial charge on any atom is -0.452 e. The van der Waals surface area contributed by atoms with Crippen molar-refractivity contribution >= 4 is 53.6 Å². The van der Waals surface area contributed by atoms with Crippen LogP contribution in [-0.2, 0) is 0 Å². The van der Waals surface area contributed by atoms with Gasteiger partial charge in [0.25, 0.3) is 0 Å². The van der Waals surface area contributed by atoms with Gasteiger partial charge in [0.2, 0.25) is 0 Å². The van der Waals surface area contributed by atoms with Crippen molar-refractivity contribution in [3.05, 3.63) is 176 Å². The van der Waals surface area contributed by atoms with Gasteiger partial charge in [0, 0.05) is 53.4 Å². The fourth-order valence-electron chi connectivity index (χ4n) is 7.52. The molecule has 4 heterocycles. The summed E-state index contributed by atoms with van der Waals surface area (Å²) in [5.41, 5.74) is 9.96. The Bertz CT molecular complexity index is 3250. The number of nitrogens with zero attached hydrogens (tertiary/aromatic N) is 5. The first-order chi connectivity index (χ1) is 27.7. The SMILES string of the molecule is c1ccc(-c2cccc(-c3nc(-c4ccccc4)nc(-c4cccc5sc6c(-c7nc(-c8ccccc8)nc8c7oc7ccccc78)cccc6c45)n3)c2)cc1. The zero-order valence-corrected chi connectivity index (χ0v) is 30.6. The predicted octanol–water partition coefficient (Wildman–Crippen LogP) is 12.9. The topological polar surface area (TPSA) is 77.6 Å². The molecule has 0 radical (unpaired) electrons.